The molecule has 0 saturated carbocycles. The van der Waals surface area contributed by atoms with Gasteiger partial charge in [-0.2, -0.15) is 0 Å². The number of carbonyl (C=O) groups is 1. The van der Waals surface area contributed by atoms with Crippen LogP contribution in [0.3, 0.4) is 0 Å². The minimum absolute atomic E-state index is 0.0236. The Morgan fingerprint density at radius 2 is 1.62 bits per heavy atom. The van der Waals surface area contributed by atoms with Crippen LogP contribution in [0.25, 0.3) is 10.8 Å². The van der Waals surface area contributed by atoms with Crippen molar-refractivity contribution in [3.63, 3.8) is 0 Å². The van der Waals surface area contributed by atoms with Gasteiger partial charge in [0.1, 0.15) is 11.5 Å². The van der Waals surface area contributed by atoms with Gasteiger partial charge in [0, 0.05) is 35.3 Å². The van der Waals surface area contributed by atoms with Crippen LogP contribution in [0, 0.1) is 0 Å². The maximum atomic E-state index is 12.5. The van der Waals surface area contributed by atoms with Gasteiger partial charge in [0.15, 0.2) is 5.78 Å². The molecule has 1 unspecified atom stereocenters. The smallest absolute Gasteiger partial charge is 0.163 e. The van der Waals surface area contributed by atoms with E-state index in [4.69, 9.17) is 4.74 Å². The molecule has 0 radical (unpaired) electrons. The molecule has 2 heteroatoms. The molecule has 0 saturated heterocycles. The van der Waals surface area contributed by atoms with Gasteiger partial charge < -0.3 is 4.74 Å². The fourth-order valence-electron chi connectivity index (χ4n) is 3.95. The highest BCUT2D eigenvalue weighted by molar-refractivity contribution is 6.02. The second-order valence-electron chi connectivity index (χ2n) is 6.41. The minimum atomic E-state index is -0.0236. The van der Waals surface area contributed by atoms with Crippen molar-refractivity contribution in [1.82, 2.24) is 0 Å². The van der Waals surface area contributed by atoms with Crippen LogP contribution in [0.15, 0.2) is 78.1 Å². The van der Waals surface area contributed by atoms with Crippen molar-refractivity contribution in [2.45, 2.75) is 18.8 Å². The second kappa shape index (κ2) is 5.07. The first kappa shape index (κ1) is 13.6. The van der Waals surface area contributed by atoms with E-state index in [0.717, 1.165) is 39.0 Å². The van der Waals surface area contributed by atoms with Crippen molar-refractivity contribution in [3.05, 3.63) is 89.2 Å². The third-order valence-corrected chi connectivity index (χ3v) is 5.05. The fourth-order valence-corrected chi connectivity index (χ4v) is 3.95. The Morgan fingerprint density at radius 1 is 0.833 bits per heavy atom. The summed E-state index contributed by atoms with van der Waals surface area (Å²) in [6, 6.07) is 22.8. The van der Waals surface area contributed by atoms with Crippen LogP contribution in [0.1, 0.15) is 29.9 Å². The first-order valence-corrected chi connectivity index (χ1v) is 8.33. The van der Waals surface area contributed by atoms with E-state index >= 15 is 0 Å². The molecule has 0 N–H and O–H groups in total. The molecule has 2 aliphatic rings. The average Bonchev–Trinajstić information content (AvgIpc) is 3.01. The molecule has 5 rings (SSSR count). The molecule has 0 aromatic heterocycles. The van der Waals surface area contributed by atoms with Crippen molar-refractivity contribution >= 4 is 16.6 Å². The number of carbonyl (C=O) groups excluding carboxylic acids is 1. The Morgan fingerprint density at radius 3 is 2.50 bits per heavy atom. The predicted octanol–water partition coefficient (Wildman–Crippen LogP) is 4.98. The molecule has 2 nitrogen and oxygen atoms in total. The van der Waals surface area contributed by atoms with Crippen LogP contribution in [-0.2, 0) is 4.79 Å². The lowest BCUT2D eigenvalue weighted by atomic mass is 9.81. The number of Topliss-reactive ketones (excluding diaryl/α,β-unsaturated/α-hetero) is 1. The highest BCUT2D eigenvalue weighted by Gasteiger charge is 2.38. The van der Waals surface area contributed by atoms with Crippen LogP contribution in [-0.4, -0.2) is 5.78 Å². The summed E-state index contributed by atoms with van der Waals surface area (Å²) in [5.74, 6) is 1.97. The second-order valence-corrected chi connectivity index (χ2v) is 6.41. The molecule has 1 heterocycles. The molecule has 0 spiro atoms. The van der Waals surface area contributed by atoms with Gasteiger partial charge in [0.25, 0.3) is 0 Å². The Kier molecular flexibility index (Phi) is 2.86. The molecule has 0 amide bonds. The topological polar surface area (TPSA) is 26.3 Å². The molecule has 1 aliphatic heterocycles. The summed E-state index contributed by atoms with van der Waals surface area (Å²) < 4.78 is 6.25. The van der Waals surface area contributed by atoms with Crippen LogP contribution in [0.2, 0.25) is 0 Å². The maximum absolute atomic E-state index is 12.5. The Bertz CT molecular complexity index is 999. The molecule has 3 aromatic rings. The van der Waals surface area contributed by atoms with Crippen molar-refractivity contribution < 1.29 is 9.53 Å². The van der Waals surface area contributed by atoms with E-state index in [1.807, 2.05) is 30.3 Å². The quantitative estimate of drug-likeness (QED) is 0.633. The first-order valence-electron chi connectivity index (χ1n) is 8.33. The van der Waals surface area contributed by atoms with E-state index in [2.05, 4.69) is 36.4 Å². The Labute approximate surface area is 140 Å². The van der Waals surface area contributed by atoms with Crippen molar-refractivity contribution in [2.24, 2.45) is 0 Å². The summed E-state index contributed by atoms with van der Waals surface area (Å²) in [6.07, 6.45) is 1.26. The maximum Gasteiger partial charge on any atom is 0.163 e. The fraction of sp³-hybridized carbons (Fsp3) is 0.136. The van der Waals surface area contributed by atoms with Crippen LogP contribution < -0.4 is 4.74 Å². The number of hydrogen-bond acceptors (Lipinski definition) is 2. The normalized spacial score (nSPS) is 19.2. The van der Waals surface area contributed by atoms with E-state index < -0.39 is 0 Å². The zero-order valence-electron chi connectivity index (χ0n) is 13.2. The van der Waals surface area contributed by atoms with Gasteiger partial charge in [0.05, 0.1) is 0 Å². The van der Waals surface area contributed by atoms with E-state index in [0.29, 0.717) is 12.8 Å². The first-order chi connectivity index (χ1) is 11.8. The third kappa shape index (κ3) is 1.86. The molecule has 0 fully saturated rings. The highest BCUT2D eigenvalue weighted by atomic mass is 16.5. The molecule has 1 atom stereocenters. The summed E-state index contributed by atoms with van der Waals surface area (Å²) in [4.78, 5) is 12.5. The summed E-state index contributed by atoms with van der Waals surface area (Å²) in [6.45, 7) is 0. The number of rotatable bonds is 1. The lowest BCUT2D eigenvalue weighted by molar-refractivity contribution is -0.115. The van der Waals surface area contributed by atoms with Gasteiger partial charge in [-0.25, -0.2) is 0 Å². The van der Waals surface area contributed by atoms with Gasteiger partial charge in [-0.15, -0.1) is 0 Å². The number of benzene rings is 3. The predicted molar refractivity (Wildman–Crippen MR) is 94.1 cm³/mol. The number of fused-ring (bicyclic) bond motifs is 3. The molecule has 116 valence electrons. The SMILES string of the molecule is O=C1CCC2=C1C(c1ccccc1)c1ccc3ccccc3c1O2. The molecular formula is C22H16O2. The van der Waals surface area contributed by atoms with Gasteiger partial charge in [0.2, 0.25) is 0 Å². The van der Waals surface area contributed by atoms with E-state index in [1.54, 1.807) is 0 Å². The number of hydrogen-bond donors (Lipinski definition) is 0. The zero-order chi connectivity index (χ0) is 16.1. The van der Waals surface area contributed by atoms with Crippen LogP contribution >= 0.6 is 0 Å². The van der Waals surface area contributed by atoms with Crippen molar-refractivity contribution in [1.29, 1.82) is 0 Å². The molecular weight excluding hydrogens is 296 g/mol. The third-order valence-electron chi connectivity index (χ3n) is 5.05. The van der Waals surface area contributed by atoms with Gasteiger partial charge in [-0.1, -0.05) is 66.7 Å². The Hall–Kier alpha value is -2.87. The summed E-state index contributed by atoms with van der Waals surface area (Å²) in [7, 11) is 0. The molecule has 3 aromatic carbocycles. The largest absolute Gasteiger partial charge is 0.460 e. The Balaban J connectivity index is 1.82. The number of ether oxygens (including phenoxy) is 1. The standard InChI is InChI=1S/C22H16O2/c23-18-12-13-19-21(18)20(15-7-2-1-3-8-15)17-11-10-14-6-4-5-9-16(14)22(17)24-19/h1-11,20H,12-13H2. The summed E-state index contributed by atoms with van der Waals surface area (Å²) in [5, 5.41) is 2.28. The lowest BCUT2D eigenvalue weighted by Crippen LogP contribution is -2.17. The highest BCUT2D eigenvalue weighted by Crippen LogP contribution is 2.49. The van der Waals surface area contributed by atoms with Crippen LogP contribution in [0.5, 0.6) is 5.75 Å². The van der Waals surface area contributed by atoms with Gasteiger partial charge >= 0.3 is 0 Å². The van der Waals surface area contributed by atoms with Crippen molar-refractivity contribution in [2.75, 3.05) is 0 Å². The molecule has 24 heavy (non-hydrogen) atoms. The van der Waals surface area contributed by atoms with Crippen LogP contribution in [0.4, 0.5) is 0 Å². The van der Waals surface area contributed by atoms with Gasteiger partial charge in [-0.3, -0.25) is 4.79 Å². The van der Waals surface area contributed by atoms with E-state index in [1.165, 1.54) is 0 Å². The van der Waals surface area contributed by atoms with Gasteiger partial charge in [-0.05, 0) is 10.9 Å². The minimum Gasteiger partial charge on any atom is -0.460 e. The number of allylic oxidation sites excluding steroid dienone is 2. The zero-order valence-corrected chi connectivity index (χ0v) is 13.2. The van der Waals surface area contributed by atoms with E-state index in [-0.39, 0.29) is 11.7 Å². The summed E-state index contributed by atoms with van der Waals surface area (Å²) >= 11 is 0. The molecule has 0 bridgehead atoms. The van der Waals surface area contributed by atoms with E-state index in [9.17, 15) is 4.79 Å². The van der Waals surface area contributed by atoms with Crippen molar-refractivity contribution in [3.8, 4) is 5.75 Å². The lowest BCUT2D eigenvalue weighted by Gasteiger charge is -2.28. The average molecular weight is 312 g/mol. The summed E-state index contributed by atoms with van der Waals surface area (Å²) in [5.41, 5.74) is 3.10. The molecule has 1 aliphatic carbocycles. The monoisotopic (exact) mass is 312 g/mol. The number of ketones is 1.